The van der Waals surface area contributed by atoms with Crippen molar-refractivity contribution in [2.45, 2.75) is 13.8 Å². The molecule has 0 saturated heterocycles. The van der Waals surface area contributed by atoms with Gasteiger partial charge in [-0.2, -0.15) is 0 Å². The largest absolute Gasteiger partial charge is 0.445 e. The third-order valence-corrected chi connectivity index (χ3v) is 4.72. The van der Waals surface area contributed by atoms with Gasteiger partial charge in [0.2, 0.25) is 11.0 Å². The number of rotatable bonds is 4. The van der Waals surface area contributed by atoms with Gasteiger partial charge in [-0.25, -0.2) is 14.8 Å². The van der Waals surface area contributed by atoms with Crippen molar-refractivity contribution in [3.05, 3.63) is 60.2 Å². The molecule has 0 bridgehead atoms. The van der Waals surface area contributed by atoms with Gasteiger partial charge in [-0.05, 0) is 49.2 Å². The minimum Gasteiger partial charge on any atom is -0.445 e. The van der Waals surface area contributed by atoms with Crippen LogP contribution in [0.1, 0.15) is 11.3 Å². The van der Waals surface area contributed by atoms with Crippen molar-refractivity contribution in [2.75, 3.05) is 5.32 Å². The molecule has 0 aliphatic rings. The van der Waals surface area contributed by atoms with Gasteiger partial charge in [0.1, 0.15) is 17.8 Å². The van der Waals surface area contributed by atoms with Gasteiger partial charge in [0.15, 0.2) is 0 Å². The fraction of sp³-hybridized carbons (Fsp3) is 0.105. The molecule has 4 aromatic rings. The van der Waals surface area contributed by atoms with E-state index in [4.69, 9.17) is 9.15 Å². The maximum Gasteiger partial charge on any atom is 0.419 e. The Morgan fingerprint density at radius 1 is 1.14 bits per heavy atom. The van der Waals surface area contributed by atoms with Crippen LogP contribution in [0.4, 0.5) is 10.6 Å². The Morgan fingerprint density at radius 2 is 2.00 bits per heavy atom. The summed E-state index contributed by atoms with van der Waals surface area (Å²) >= 11 is 1.01. The molecule has 0 saturated carbocycles. The Morgan fingerprint density at radius 3 is 2.68 bits per heavy atom. The summed E-state index contributed by atoms with van der Waals surface area (Å²) in [6, 6.07) is 9.55. The number of anilines is 1. The zero-order chi connectivity index (χ0) is 19.5. The predicted molar refractivity (Wildman–Crippen MR) is 104 cm³/mol. The molecular formula is C19H15N5O3S. The summed E-state index contributed by atoms with van der Waals surface area (Å²) in [6.45, 7) is 3.73. The lowest BCUT2D eigenvalue weighted by atomic mass is 9.99. The highest BCUT2D eigenvalue weighted by molar-refractivity contribution is 7.07. The zero-order valence-electron chi connectivity index (χ0n) is 15.0. The van der Waals surface area contributed by atoms with E-state index in [1.54, 1.807) is 31.6 Å². The van der Waals surface area contributed by atoms with E-state index in [-0.39, 0.29) is 0 Å². The third-order valence-electron chi connectivity index (χ3n) is 4.02. The van der Waals surface area contributed by atoms with Crippen molar-refractivity contribution < 1.29 is 13.9 Å². The first kappa shape index (κ1) is 17.8. The Labute approximate surface area is 164 Å². The number of amides is 1. The quantitative estimate of drug-likeness (QED) is 0.545. The molecule has 0 atom stereocenters. The maximum atomic E-state index is 12.0. The van der Waals surface area contributed by atoms with Crippen molar-refractivity contribution >= 4 is 23.4 Å². The highest BCUT2D eigenvalue weighted by atomic mass is 32.1. The van der Waals surface area contributed by atoms with Crippen molar-refractivity contribution in [2.24, 2.45) is 0 Å². The van der Waals surface area contributed by atoms with E-state index in [1.807, 2.05) is 31.2 Å². The first-order valence-electron chi connectivity index (χ1n) is 8.35. The Hall–Kier alpha value is -3.59. The number of carbonyl (C=O) groups is 1. The lowest BCUT2D eigenvalue weighted by molar-refractivity contribution is 0.216. The molecule has 1 N–H and O–H groups in total. The standard InChI is InChI=1S/C19H15N5O3S/c1-11-3-4-13(17-20-7-8-26-17)9-15(11)14-5-6-16(21-10-14)22-19(25)27-18-12(2)23-24-28-18/h3-10H,1-2H3,(H,21,22,25). The Bertz CT molecular complexity index is 1110. The molecule has 8 nitrogen and oxygen atoms in total. The van der Waals surface area contributed by atoms with E-state index in [0.717, 1.165) is 33.8 Å². The normalized spacial score (nSPS) is 10.6. The molecule has 0 unspecified atom stereocenters. The summed E-state index contributed by atoms with van der Waals surface area (Å²) in [4.78, 5) is 20.5. The molecule has 28 heavy (non-hydrogen) atoms. The first-order chi connectivity index (χ1) is 13.6. The zero-order valence-corrected chi connectivity index (χ0v) is 15.9. The average Bonchev–Trinajstić information content (AvgIpc) is 3.36. The number of carbonyl (C=O) groups excluding carboxylic acids is 1. The van der Waals surface area contributed by atoms with Crippen LogP contribution in [0.2, 0.25) is 0 Å². The van der Waals surface area contributed by atoms with Crippen LogP contribution in [-0.4, -0.2) is 25.6 Å². The molecule has 0 spiro atoms. The van der Waals surface area contributed by atoms with Gasteiger partial charge >= 0.3 is 6.09 Å². The molecule has 140 valence electrons. The Balaban J connectivity index is 1.51. The number of pyridine rings is 1. The van der Waals surface area contributed by atoms with Gasteiger partial charge in [-0.3, -0.25) is 5.32 Å². The summed E-state index contributed by atoms with van der Waals surface area (Å²) < 4.78 is 14.3. The highest BCUT2D eigenvalue weighted by Crippen LogP contribution is 2.29. The van der Waals surface area contributed by atoms with Crippen LogP contribution in [0.5, 0.6) is 5.06 Å². The molecule has 1 amide bonds. The number of hydrogen-bond donors (Lipinski definition) is 1. The number of hydrogen-bond acceptors (Lipinski definition) is 8. The van der Waals surface area contributed by atoms with E-state index >= 15 is 0 Å². The molecule has 0 aliphatic heterocycles. The van der Waals surface area contributed by atoms with Crippen LogP contribution >= 0.6 is 11.5 Å². The average molecular weight is 393 g/mol. The number of aryl methyl sites for hydroxylation is 2. The van der Waals surface area contributed by atoms with E-state index in [2.05, 4.69) is 24.9 Å². The van der Waals surface area contributed by atoms with Gasteiger partial charge in [0.25, 0.3) is 0 Å². The summed E-state index contributed by atoms with van der Waals surface area (Å²) in [5.74, 6) is 0.938. The van der Waals surface area contributed by atoms with Crippen LogP contribution < -0.4 is 10.1 Å². The van der Waals surface area contributed by atoms with E-state index in [0.29, 0.717) is 22.5 Å². The molecule has 3 heterocycles. The van der Waals surface area contributed by atoms with Crippen LogP contribution in [0.25, 0.3) is 22.6 Å². The van der Waals surface area contributed by atoms with Crippen molar-refractivity contribution in [1.29, 1.82) is 0 Å². The summed E-state index contributed by atoms with van der Waals surface area (Å²) in [5, 5.41) is 6.74. The van der Waals surface area contributed by atoms with E-state index < -0.39 is 6.09 Å². The minimum atomic E-state index is -0.642. The second-order valence-corrected chi connectivity index (χ2v) is 6.68. The minimum absolute atomic E-state index is 0.355. The molecule has 1 aromatic carbocycles. The van der Waals surface area contributed by atoms with Crippen LogP contribution in [0, 0.1) is 13.8 Å². The summed E-state index contributed by atoms with van der Waals surface area (Å²) in [7, 11) is 0. The van der Waals surface area contributed by atoms with Gasteiger partial charge < -0.3 is 9.15 Å². The lowest BCUT2D eigenvalue weighted by Crippen LogP contribution is -2.17. The van der Waals surface area contributed by atoms with Gasteiger partial charge in [0, 0.05) is 28.9 Å². The van der Waals surface area contributed by atoms with E-state index in [1.165, 1.54) is 0 Å². The third kappa shape index (κ3) is 3.74. The highest BCUT2D eigenvalue weighted by Gasteiger charge is 2.12. The number of ether oxygens (including phenoxy) is 1. The van der Waals surface area contributed by atoms with E-state index in [9.17, 15) is 4.79 Å². The number of nitrogens with zero attached hydrogens (tertiary/aromatic N) is 4. The summed E-state index contributed by atoms with van der Waals surface area (Å²) in [6.07, 6.45) is 4.20. The number of aromatic nitrogens is 4. The van der Waals surface area contributed by atoms with Crippen molar-refractivity contribution in [1.82, 2.24) is 19.6 Å². The number of nitrogens with one attached hydrogen (secondary N) is 1. The molecule has 0 fully saturated rings. The first-order valence-corrected chi connectivity index (χ1v) is 9.12. The fourth-order valence-corrected chi connectivity index (χ4v) is 3.11. The monoisotopic (exact) mass is 393 g/mol. The summed E-state index contributed by atoms with van der Waals surface area (Å²) in [5.41, 5.74) is 4.44. The van der Waals surface area contributed by atoms with Crippen LogP contribution in [-0.2, 0) is 0 Å². The fourth-order valence-electron chi connectivity index (χ4n) is 2.59. The molecule has 0 radical (unpaired) electrons. The maximum absolute atomic E-state index is 12.0. The second kappa shape index (κ2) is 7.57. The van der Waals surface area contributed by atoms with Gasteiger partial charge in [-0.15, -0.1) is 5.10 Å². The smallest absolute Gasteiger partial charge is 0.419 e. The molecule has 3 aromatic heterocycles. The lowest BCUT2D eigenvalue weighted by Gasteiger charge is -2.09. The predicted octanol–water partition coefficient (Wildman–Crippen LogP) is 4.48. The van der Waals surface area contributed by atoms with Gasteiger partial charge in [0.05, 0.1) is 6.20 Å². The van der Waals surface area contributed by atoms with Crippen LogP contribution in [0.3, 0.4) is 0 Å². The topological polar surface area (TPSA) is 103 Å². The van der Waals surface area contributed by atoms with Crippen LogP contribution in [0.15, 0.2) is 53.4 Å². The number of benzene rings is 1. The molecule has 4 rings (SSSR count). The van der Waals surface area contributed by atoms with Crippen molar-refractivity contribution in [3.63, 3.8) is 0 Å². The molecule has 9 heteroatoms. The SMILES string of the molecule is Cc1ccc(-c2ncco2)cc1-c1ccc(NC(=O)Oc2snnc2C)nc1. The second-order valence-electron chi connectivity index (χ2n) is 5.96. The van der Waals surface area contributed by atoms with Crippen molar-refractivity contribution in [3.8, 4) is 27.6 Å². The van der Waals surface area contributed by atoms with Gasteiger partial charge in [-0.1, -0.05) is 10.6 Å². The Kier molecular flexibility index (Phi) is 4.81. The molecular weight excluding hydrogens is 378 g/mol. The number of oxazole rings is 1. The molecule has 0 aliphatic carbocycles.